The van der Waals surface area contributed by atoms with Crippen LogP contribution in [-0.4, -0.2) is 50.5 Å². The predicted octanol–water partition coefficient (Wildman–Crippen LogP) is 1.96. The fourth-order valence-electron chi connectivity index (χ4n) is 3.20. The van der Waals surface area contributed by atoms with Gasteiger partial charge in [0.25, 0.3) is 0 Å². The Kier molecular flexibility index (Phi) is 5.33. The summed E-state index contributed by atoms with van der Waals surface area (Å²) in [6.45, 7) is 4.13. The number of aliphatic hydroxyl groups excluding tert-OH is 1. The van der Waals surface area contributed by atoms with Gasteiger partial charge in [0.1, 0.15) is 0 Å². The molecule has 2 aromatic heterocycles. The van der Waals surface area contributed by atoms with Crippen LogP contribution in [0.1, 0.15) is 31.7 Å². The largest absolute Gasteiger partial charge is 0.396 e. The van der Waals surface area contributed by atoms with Crippen LogP contribution < -0.4 is 5.32 Å². The van der Waals surface area contributed by atoms with Crippen molar-refractivity contribution in [1.29, 1.82) is 0 Å². The molecule has 0 saturated carbocycles. The van der Waals surface area contributed by atoms with Crippen LogP contribution in [0.3, 0.4) is 0 Å². The Balaban J connectivity index is 1.54. The van der Waals surface area contributed by atoms with Gasteiger partial charge in [-0.25, -0.2) is 14.5 Å². The SMILES string of the molecule is CCC1(CO)CCN(C(=O)NCc2ccnc(-n3cccn3)c2)CC1. The lowest BCUT2D eigenvalue weighted by Gasteiger charge is -2.40. The molecule has 0 bridgehead atoms. The number of carbonyl (C=O) groups excluding carboxylic acids is 1. The van der Waals surface area contributed by atoms with Crippen molar-refractivity contribution in [2.24, 2.45) is 5.41 Å². The first kappa shape index (κ1) is 17.4. The molecular formula is C18H25N5O2. The number of amides is 2. The highest BCUT2D eigenvalue weighted by Gasteiger charge is 2.33. The zero-order valence-electron chi connectivity index (χ0n) is 14.6. The van der Waals surface area contributed by atoms with Crippen LogP contribution >= 0.6 is 0 Å². The maximum atomic E-state index is 12.4. The number of pyridine rings is 1. The van der Waals surface area contributed by atoms with Crippen LogP contribution in [0.4, 0.5) is 4.79 Å². The number of rotatable bonds is 5. The van der Waals surface area contributed by atoms with Crippen LogP contribution in [0.25, 0.3) is 5.82 Å². The molecule has 1 aliphatic rings. The molecule has 0 atom stereocenters. The Morgan fingerprint density at radius 1 is 1.36 bits per heavy atom. The molecule has 7 heteroatoms. The van der Waals surface area contributed by atoms with E-state index in [4.69, 9.17) is 0 Å². The lowest BCUT2D eigenvalue weighted by atomic mass is 9.77. The van der Waals surface area contributed by atoms with Crippen molar-refractivity contribution in [3.05, 3.63) is 42.4 Å². The zero-order chi connectivity index (χ0) is 17.7. The Morgan fingerprint density at radius 3 is 2.80 bits per heavy atom. The van der Waals surface area contributed by atoms with Crippen molar-refractivity contribution in [1.82, 2.24) is 25.0 Å². The van der Waals surface area contributed by atoms with Gasteiger partial charge in [-0.3, -0.25) is 0 Å². The lowest BCUT2D eigenvalue weighted by Crippen LogP contribution is -2.48. The van der Waals surface area contributed by atoms with E-state index in [9.17, 15) is 9.90 Å². The second kappa shape index (κ2) is 7.65. The van der Waals surface area contributed by atoms with Gasteiger partial charge in [0.2, 0.25) is 0 Å². The van der Waals surface area contributed by atoms with E-state index in [1.54, 1.807) is 17.1 Å². The van der Waals surface area contributed by atoms with Gasteiger partial charge in [0, 0.05) is 44.8 Å². The molecule has 7 nitrogen and oxygen atoms in total. The van der Waals surface area contributed by atoms with Gasteiger partial charge in [0.15, 0.2) is 5.82 Å². The third-order valence-electron chi connectivity index (χ3n) is 5.19. The molecule has 0 aromatic carbocycles. The number of nitrogens with one attached hydrogen (secondary N) is 1. The minimum absolute atomic E-state index is 0.0133. The molecule has 1 fully saturated rings. The molecule has 0 aliphatic carbocycles. The molecule has 2 aromatic rings. The van der Waals surface area contributed by atoms with Crippen LogP contribution in [0, 0.1) is 5.41 Å². The molecule has 0 spiro atoms. The molecule has 0 unspecified atom stereocenters. The standard InChI is InChI=1S/C18H25N5O2/c1-2-18(14-24)5-10-22(11-6-18)17(25)20-13-15-4-8-19-16(12-15)23-9-3-7-21-23/h3-4,7-9,12,24H,2,5-6,10-11,13-14H2,1H3,(H,20,25). The van der Waals surface area contributed by atoms with Crippen molar-refractivity contribution in [3.63, 3.8) is 0 Å². The van der Waals surface area contributed by atoms with Crippen LogP contribution in [0.2, 0.25) is 0 Å². The number of hydrogen-bond acceptors (Lipinski definition) is 4. The van der Waals surface area contributed by atoms with Crippen molar-refractivity contribution in [2.45, 2.75) is 32.7 Å². The number of aliphatic hydroxyl groups is 1. The molecule has 1 aliphatic heterocycles. The van der Waals surface area contributed by atoms with E-state index < -0.39 is 0 Å². The predicted molar refractivity (Wildman–Crippen MR) is 94.2 cm³/mol. The highest BCUT2D eigenvalue weighted by molar-refractivity contribution is 5.74. The first-order chi connectivity index (χ1) is 12.2. The first-order valence-electron chi connectivity index (χ1n) is 8.74. The topological polar surface area (TPSA) is 83.3 Å². The van der Waals surface area contributed by atoms with Gasteiger partial charge in [0.05, 0.1) is 0 Å². The van der Waals surface area contributed by atoms with Gasteiger partial charge in [-0.05, 0) is 48.4 Å². The molecule has 0 radical (unpaired) electrons. The summed E-state index contributed by atoms with van der Waals surface area (Å²) in [5, 5.41) is 16.7. The maximum Gasteiger partial charge on any atom is 0.317 e. The lowest BCUT2D eigenvalue weighted by molar-refractivity contribution is 0.0519. The minimum Gasteiger partial charge on any atom is -0.396 e. The van der Waals surface area contributed by atoms with Crippen LogP contribution in [0.5, 0.6) is 0 Å². The second-order valence-corrected chi connectivity index (χ2v) is 6.63. The number of nitrogens with zero attached hydrogens (tertiary/aromatic N) is 4. The van der Waals surface area contributed by atoms with E-state index in [1.807, 2.05) is 29.3 Å². The minimum atomic E-state index is -0.0555. The Bertz CT molecular complexity index is 687. The van der Waals surface area contributed by atoms with E-state index in [0.717, 1.165) is 30.6 Å². The second-order valence-electron chi connectivity index (χ2n) is 6.63. The molecule has 25 heavy (non-hydrogen) atoms. The van der Waals surface area contributed by atoms with Crippen molar-refractivity contribution >= 4 is 6.03 Å². The third kappa shape index (κ3) is 3.99. The summed E-state index contributed by atoms with van der Waals surface area (Å²) >= 11 is 0. The highest BCUT2D eigenvalue weighted by Crippen LogP contribution is 2.34. The maximum absolute atomic E-state index is 12.4. The number of piperidine rings is 1. The average molecular weight is 343 g/mol. The highest BCUT2D eigenvalue weighted by atomic mass is 16.3. The van der Waals surface area contributed by atoms with Crippen molar-refractivity contribution < 1.29 is 9.90 Å². The van der Waals surface area contributed by atoms with Crippen molar-refractivity contribution in [2.75, 3.05) is 19.7 Å². The molecular weight excluding hydrogens is 318 g/mol. The van der Waals surface area contributed by atoms with E-state index in [-0.39, 0.29) is 18.1 Å². The van der Waals surface area contributed by atoms with Gasteiger partial charge >= 0.3 is 6.03 Å². The summed E-state index contributed by atoms with van der Waals surface area (Å²) in [6, 6.07) is 5.59. The van der Waals surface area contributed by atoms with E-state index >= 15 is 0 Å². The van der Waals surface area contributed by atoms with E-state index in [0.29, 0.717) is 19.6 Å². The zero-order valence-corrected chi connectivity index (χ0v) is 14.6. The van der Waals surface area contributed by atoms with E-state index in [1.165, 1.54) is 0 Å². The van der Waals surface area contributed by atoms with Crippen LogP contribution in [-0.2, 0) is 6.54 Å². The summed E-state index contributed by atoms with van der Waals surface area (Å²) in [4.78, 5) is 18.5. The fraction of sp³-hybridized carbons (Fsp3) is 0.500. The van der Waals surface area contributed by atoms with Gasteiger partial charge in [-0.15, -0.1) is 0 Å². The number of carbonyl (C=O) groups is 1. The Morgan fingerprint density at radius 2 is 2.16 bits per heavy atom. The van der Waals surface area contributed by atoms with Crippen LogP contribution in [0.15, 0.2) is 36.8 Å². The smallest absolute Gasteiger partial charge is 0.317 e. The molecule has 3 heterocycles. The summed E-state index contributed by atoms with van der Waals surface area (Å²) in [5.74, 6) is 0.727. The number of likely N-dealkylation sites (tertiary alicyclic amines) is 1. The molecule has 134 valence electrons. The molecule has 2 N–H and O–H groups in total. The molecule has 1 saturated heterocycles. The third-order valence-corrected chi connectivity index (χ3v) is 5.19. The summed E-state index contributed by atoms with van der Waals surface area (Å²) in [6.07, 6.45) is 7.91. The number of urea groups is 1. The normalized spacial score (nSPS) is 16.6. The first-order valence-corrected chi connectivity index (χ1v) is 8.74. The number of hydrogen-bond donors (Lipinski definition) is 2. The monoisotopic (exact) mass is 343 g/mol. The fourth-order valence-corrected chi connectivity index (χ4v) is 3.20. The average Bonchev–Trinajstić information content (AvgIpc) is 3.21. The quantitative estimate of drug-likeness (QED) is 0.869. The Hall–Kier alpha value is -2.41. The van der Waals surface area contributed by atoms with Crippen molar-refractivity contribution in [3.8, 4) is 5.82 Å². The van der Waals surface area contributed by atoms with Gasteiger partial charge in [-0.2, -0.15) is 5.10 Å². The molecule has 2 amide bonds. The van der Waals surface area contributed by atoms with Gasteiger partial charge < -0.3 is 15.3 Å². The summed E-state index contributed by atoms with van der Waals surface area (Å²) < 4.78 is 1.69. The van der Waals surface area contributed by atoms with E-state index in [2.05, 4.69) is 22.3 Å². The van der Waals surface area contributed by atoms with Gasteiger partial charge in [-0.1, -0.05) is 6.92 Å². The summed E-state index contributed by atoms with van der Waals surface area (Å²) in [5.41, 5.74) is 0.963. The Labute approximate surface area is 147 Å². The molecule has 3 rings (SSSR count). The number of aromatic nitrogens is 3. The summed E-state index contributed by atoms with van der Waals surface area (Å²) in [7, 11) is 0.